The molecule has 0 aliphatic carbocycles. The Morgan fingerprint density at radius 3 is 2.44 bits per heavy atom. The van der Waals surface area contributed by atoms with E-state index in [4.69, 9.17) is 0 Å². The summed E-state index contributed by atoms with van der Waals surface area (Å²) in [6, 6.07) is 17.4. The van der Waals surface area contributed by atoms with Gasteiger partial charge in [-0.05, 0) is 59.8 Å². The molecule has 2 aromatic carbocycles. The van der Waals surface area contributed by atoms with Crippen LogP contribution in [0.3, 0.4) is 0 Å². The molecule has 2 aromatic rings. The van der Waals surface area contributed by atoms with Gasteiger partial charge in [-0.1, -0.05) is 24.3 Å². The van der Waals surface area contributed by atoms with Gasteiger partial charge in [0.1, 0.15) is 0 Å². The summed E-state index contributed by atoms with van der Waals surface area (Å²) < 4.78 is 1.07. The third kappa shape index (κ3) is 2.90. The van der Waals surface area contributed by atoms with E-state index in [2.05, 4.69) is 22.6 Å². The highest BCUT2D eigenvalue weighted by atomic mass is 127. The van der Waals surface area contributed by atoms with E-state index in [1.807, 2.05) is 61.5 Å². The normalized spacial score (nSPS) is 10.1. The third-order valence-electron chi connectivity index (χ3n) is 2.70. The molecule has 3 heteroatoms. The van der Waals surface area contributed by atoms with Crippen molar-refractivity contribution in [1.29, 1.82) is 0 Å². The zero-order valence-corrected chi connectivity index (χ0v) is 12.3. The van der Waals surface area contributed by atoms with Crippen LogP contribution >= 0.6 is 22.6 Å². The number of rotatable bonds is 3. The van der Waals surface area contributed by atoms with Gasteiger partial charge in [-0.15, -0.1) is 0 Å². The Balaban J connectivity index is 2.32. The molecule has 0 radical (unpaired) electrons. The molecule has 0 aliphatic rings. The largest absolute Gasteiger partial charge is 0.309 e. The number of halogens is 1. The van der Waals surface area contributed by atoms with E-state index in [9.17, 15) is 4.79 Å². The van der Waals surface area contributed by atoms with Crippen molar-refractivity contribution in [3.8, 4) is 0 Å². The van der Waals surface area contributed by atoms with Gasteiger partial charge in [0.25, 0.3) is 5.91 Å². The number of para-hydroxylation sites is 1. The lowest BCUT2D eigenvalue weighted by Gasteiger charge is -2.21. The highest BCUT2D eigenvalue weighted by Gasteiger charge is 2.15. The summed E-state index contributed by atoms with van der Waals surface area (Å²) in [7, 11) is 0. The van der Waals surface area contributed by atoms with Crippen LogP contribution in [0.2, 0.25) is 0 Å². The van der Waals surface area contributed by atoms with Crippen LogP contribution in [-0.2, 0) is 0 Å². The van der Waals surface area contributed by atoms with E-state index in [1.165, 1.54) is 0 Å². The van der Waals surface area contributed by atoms with Gasteiger partial charge in [-0.2, -0.15) is 0 Å². The lowest BCUT2D eigenvalue weighted by atomic mass is 10.2. The van der Waals surface area contributed by atoms with E-state index in [0.717, 1.165) is 14.8 Å². The quantitative estimate of drug-likeness (QED) is 0.767. The van der Waals surface area contributed by atoms with Gasteiger partial charge in [-0.25, -0.2) is 0 Å². The number of hydrogen-bond acceptors (Lipinski definition) is 1. The van der Waals surface area contributed by atoms with Crippen LogP contribution in [0.5, 0.6) is 0 Å². The second-order valence-electron chi connectivity index (χ2n) is 3.90. The monoisotopic (exact) mass is 351 g/mol. The predicted octanol–water partition coefficient (Wildman–Crippen LogP) is 3.96. The topological polar surface area (TPSA) is 20.3 Å². The van der Waals surface area contributed by atoms with E-state index >= 15 is 0 Å². The Bertz CT molecular complexity index is 539. The summed E-state index contributed by atoms with van der Waals surface area (Å²) >= 11 is 2.22. The summed E-state index contributed by atoms with van der Waals surface area (Å²) in [4.78, 5) is 14.2. The maximum absolute atomic E-state index is 12.5. The fraction of sp³-hybridized carbons (Fsp3) is 0.133. The highest BCUT2D eigenvalue weighted by molar-refractivity contribution is 14.1. The van der Waals surface area contributed by atoms with Crippen LogP contribution < -0.4 is 4.90 Å². The van der Waals surface area contributed by atoms with E-state index < -0.39 is 0 Å². The first-order valence-corrected chi connectivity index (χ1v) is 6.92. The van der Waals surface area contributed by atoms with Crippen molar-refractivity contribution in [3.05, 3.63) is 63.7 Å². The van der Waals surface area contributed by atoms with Crippen molar-refractivity contribution in [3.63, 3.8) is 0 Å². The molecule has 0 heterocycles. The van der Waals surface area contributed by atoms with Gasteiger partial charge < -0.3 is 4.90 Å². The highest BCUT2D eigenvalue weighted by Crippen LogP contribution is 2.17. The number of benzene rings is 2. The minimum absolute atomic E-state index is 0.0437. The van der Waals surface area contributed by atoms with Gasteiger partial charge in [0.15, 0.2) is 0 Å². The summed E-state index contributed by atoms with van der Waals surface area (Å²) in [5.41, 5.74) is 1.66. The molecular formula is C15H14INO. The first kappa shape index (κ1) is 13.1. The molecule has 0 N–H and O–H groups in total. The molecule has 0 saturated carbocycles. The Morgan fingerprint density at radius 1 is 1.11 bits per heavy atom. The Labute approximate surface area is 121 Å². The molecule has 18 heavy (non-hydrogen) atoms. The molecule has 0 fully saturated rings. The minimum atomic E-state index is 0.0437. The van der Waals surface area contributed by atoms with Crippen LogP contribution in [0.1, 0.15) is 17.3 Å². The van der Waals surface area contributed by atoms with Crippen LogP contribution in [-0.4, -0.2) is 12.5 Å². The summed E-state index contributed by atoms with van der Waals surface area (Å²) in [6.07, 6.45) is 0. The molecule has 2 nitrogen and oxygen atoms in total. The summed E-state index contributed by atoms with van der Waals surface area (Å²) in [6.45, 7) is 2.65. The fourth-order valence-corrected chi connectivity index (χ4v) is 2.37. The fourth-order valence-electron chi connectivity index (χ4n) is 1.83. The molecule has 2 rings (SSSR count). The van der Waals surface area contributed by atoms with E-state index in [-0.39, 0.29) is 5.91 Å². The Morgan fingerprint density at radius 2 is 1.83 bits per heavy atom. The predicted molar refractivity (Wildman–Crippen MR) is 83.0 cm³/mol. The summed E-state index contributed by atoms with van der Waals surface area (Å²) in [5.74, 6) is 0.0437. The van der Waals surface area contributed by atoms with Gasteiger partial charge in [0.05, 0.1) is 0 Å². The van der Waals surface area contributed by atoms with Crippen molar-refractivity contribution in [1.82, 2.24) is 0 Å². The molecule has 0 spiro atoms. The molecule has 0 aliphatic heterocycles. The van der Waals surface area contributed by atoms with E-state index in [0.29, 0.717) is 6.54 Å². The molecule has 0 bridgehead atoms. The zero-order valence-electron chi connectivity index (χ0n) is 10.1. The van der Waals surface area contributed by atoms with Gasteiger partial charge in [-0.3, -0.25) is 4.79 Å². The van der Waals surface area contributed by atoms with Crippen molar-refractivity contribution in [2.45, 2.75) is 6.92 Å². The van der Waals surface area contributed by atoms with Crippen LogP contribution in [0.25, 0.3) is 0 Å². The van der Waals surface area contributed by atoms with Crippen molar-refractivity contribution in [2.24, 2.45) is 0 Å². The number of amides is 1. The van der Waals surface area contributed by atoms with Crippen molar-refractivity contribution in [2.75, 3.05) is 11.4 Å². The zero-order chi connectivity index (χ0) is 13.0. The standard InChI is InChI=1S/C15H14INO/c1-2-17(14-9-4-3-5-10-14)15(18)12-7-6-8-13(16)11-12/h3-11H,2H2,1H3. The minimum Gasteiger partial charge on any atom is -0.309 e. The van der Waals surface area contributed by atoms with Crippen LogP contribution in [0.4, 0.5) is 5.69 Å². The molecule has 1 amide bonds. The number of hydrogen-bond donors (Lipinski definition) is 0. The first-order chi connectivity index (χ1) is 8.72. The second kappa shape index (κ2) is 6.00. The Kier molecular flexibility index (Phi) is 4.36. The lowest BCUT2D eigenvalue weighted by Crippen LogP contribution is -2.30. The average Bonchev–Trinajstić information content (AvgIpc) is 2.41. The maximum atomic E-state index is 12.5. The van der Waals surface area contributed by atoms with Gasteiger partial charge in [0, 0.05) is 21.4 Å². The van der Waals surface area contributed by atoms with Crippen molar-refractivity contribution < 1.29 is 4.79 Å². The van der Waals surface area contributed by atoms with E-state index in [1.54, 1.807) is 4.90 Å². The van der Waals surface area contributed by atoms with Crippen LogP contribution in [0.15, 0.2) is 54.6 Å². The Hall–Kier alpha value is -1.36. The molecule has 0 atom stereocenters. The molecular weight excluding hydrogens is 337 g/mol. The smallest absolute Gasteiger partial charge is 0.258 e. The average molecular weight is 351 g/mol. The summed E-state index contributed by atoms with van der Waals surface area (Å²) in [5, 5.41) is 0. The lowest BCUT2D eigenvalue weighted by molar-refractivity contribution is 0.0988. The maximum Gasteiger partial charge on any atom is 0.258 e. The molecule has 0 saturated heterocycles. The van der Waals surface area contributed by atoms with Crippen LogP contribution in [0, 0.1) is 3.57 Å². The van der Waals surface area contributed by atoms with Crippen molar-refractivity contribution >= 4 is 34.2 Å². The third-order valence-corrected chi connectivity index (χ3v) is 3.37. The van der Waals surface area contributed by atoms with Gasteiger partial charge >= 0.3 is 0 Å². The van der Waals surface area contributed by atoms with Gasteiger partial charge in [0.2, 0.25) is 0 Å². The number of nitrogens with zero attached hydrogens (tertiary/aromatic N) is 1. The number of carbonyl (C=O) groups is 1. The first-order valence-electron chi connectivity index (χ1n) is 5.85. The second-order valence-corrected chi connectivity index (χ2v) is 5.14. The molecule has 0 unspecified atom stereocenters. The SMILES string of the molecule is CCN(C(=O)c1cccc(I)c1)c1ccccc1. The number of anilines is 1. The molecule has 92 valence electrons. The number of carbonyl (C=O) groups excluding carboxylic acids is 1. The molecule has 0 aromatic heterocycles.